The molecule has 0 radical (unpaired) electrons. The lowest BCUT2D eigenvalue weighted by atomic mass is 10.2. The van der Waals surface area contributed by atoms with E-state index in [4.69, 9.17) is 14.2 Å². The van der Waals surface area contributed by atoms with Crippen molar-refractivity contribution in [1.29, 1.82) is 0 Å². The SMILES string of the molecule is COc1cc(/C=N\NC(=O)C(=O)NC(C)C)cc2c1OCO2. The summed E-state index contributed by atoms with van der Waals surface area (Å²) >= 11 is 0. The fourth-order valence-corrected chi connectivity index (χ4v) is 1.77. The molecule has 1 aliphatic rings. The standard InChI is InChI=1S/C14H17N3O5/c1-8(2)16-13(18)14(19)17-15-6-9-4-10(20-3)12-11(5-9)21-7-22-12/h4-6,8H,7H2,1-3H3,(H,16,18)(H,17,19)/b15-6-. The molecule has 118 valence electrons. The molecule has 0 atom stereocenters. The first-order chi connectivity index (χ1) is 10.5. The Morgan fingerprint density at radius 3 is 2.77 bits per heavy atom. The zero-order valence-corrected chi connectivity index (χ0v) is 12.5. The van der Waals surface area contributed by atoms with E-state index in [0.29, 0.717) is 22.8 Å². The smallest absolute Gasteiger partial charge is 0.329 e. The molecule has 0 bridgehead atoms. The minimum Gasteiger partial charge on any atom is -0.493 e. The number of methoxy groups -OCH3 is 1. The van der Waals surface area contributed by atoms with E-state index in [9.17, 15) is 9.59 Å². The summed E-state index contributed by atoms with van der Waals surface area (Å²) in [5, 5.41) is 6.20. The van der Waals surface area contributed by atoms with Crippen molar-refractivity contribution in [2.75, 3.05) is 13.9 Å². The van der Waals surface area contributed by atoms with Crippen molar-refractivity contribution < 1.29 is 23.8 Å². The summed E-state index contributed by atoms with van der Waals surface area (Å²) in [6, 6.07) is 3.24. The van der Waals surface area contributed by atoms with E-state index in [2.05, 4.69) is 15.8 Å². The van der Waals surface area contributed by atoms with E-state index in [-0.39, 0.29) is 12.8 Å². The molecule has 0 fully saturated rings. The maximum absolute atomic E-state index is 11.5. The molecule has 1 aromatic rings. The molecule has 2 N–H and O–H groups in total. The minimum absolute atomic E-state index is 0.123. The zero-order valence-electron chi connectivity index (χ0n) is 12.5. The van der Waals surface area contributed by atoms with Crippen molar-refractivity contribution in [2.24, 2.45) is 5.10 Å². The molecule has 1 heterocycles. The van der Waals surface area contributed by atoms with Gasteiger partial charge in [0.05, 0.1) is 13.3 Å². The Morgan fingerprint density at radius 1 is 1.32 bits per heavy atom. The van der Waals surface area contributed by atoms with Crippen LogP contribution < -0.4 is 25.0 Å². The Bertz CT molecular complexity index is 613. The van der Waals surface area contributed by atoms with Crippen LogP contribution in [-0.4, -0.2) is 38.0 Å². The number of fused-ring (bicyclic) bond motifs is 1. The van der Waals surface area contributed by atoms with E-state index in [1.54, 1.807) is 26.0 Å². The summed E-state index contributed by atoms with van der Waals surface area (Å²) in [4.78, 5) is 22.9. The molecule has 0 aliphatic carbocycles. The largest absolute Gasteiger partial charge is 0.493 e. The van der Waals surface area contributed by atoms with Crippen LogP contribution in [0.4, 0.5) is 0 Å². The van der Waals surface area contributed by atoms with Gasteiger partial charge in [0.25, 0.3) is 0 Å². The van der Waals surface area contributed by atoms with Crippen molar-refractivity contribution in [3.05, 3.63) is 17.7 Å². The topological polar surface area (TPSA) is 98.2 Å². The number of benzene rings is 1. The summed E-state index contributed by atoms with van der Waals surface area (Å²) in [6.45, 7) is 3.64. The Kier molecular flexibility index (Phi) is 4.82. The molecule has 22 heavy (non-hydrogen) atoms. The molecule has 2 amide bonds. The number of hydrogen-bond donors (Lipinski definition) is 2. The predicted molar refractivity (Wildman–Crippen MR) is 78.1 cm³/mol. The maximum atomic E-state index is 11.5. The molecule has 1 aliphatic heterocycles. The second-order valence-electron chi connectivity index (χ2n) is 4.78. The minimum atomic E-state index is -0.836. The van der Waals surface area contributed by atoms with Gasteiger partial charge in [0, 0.05) is 11.6 Å². The normalized spacial score (nSPS) is 12.5. The number of rotatable bonds is 4. The first-order valence-corrected chi connectivity index (χ1v) is 6.62. The van der Waals surface area contributed by atoms with Crippen LogP contribution >= 0.6 is 0 Å². The van der Waals surface area contributed by atoms with Gasteiger partial charge in [-0.3, -0.25) is 9.59 Å². The van der Waals surface area contributed by atoms with Gasteiger partial charge in [0.1, 0.15) is 0 Å². The third kappa shape index (κ3) is 3.66. The van der Waals surface area contributed by atoms with Gasteiger partial charge >= 0.3 is 11.8 Å². The molecule has 0 spiro atoms. The predicted octanol–water partition coefficient (Wildman–Crippen LogP) is 0.399. The van der Waals surface area contributed by atoms with Gasteiger partial charge in [-0.25, -0.2) is 5.43 Å². The van der Waals surface area contributed by atoms with E-state index in [0.717, 1.165) is 0 Å². The molecule has 8 nitrogen and oxygen atoms in total. The molecule has 1 aromatic carbocycles. The van der Waals surface area contributed by atoms with Gasteiger partial charge < -0.3 is 19.5 Å². The number of nitrogens with one attached hydrogen (secondary N) is 2. The third-order valence-corrected chi connectivity index (χ3v) is 2.69. The van der Waals surface area contributed by atoms with E-state index < -0.39 is 11.8 Å². The molecular formula is C14H17N3O5. The third-order valence-electron chi connectivity index (χ3n) is 2.69. The Hall–Kier alpha value is -2.77. The van der Waals surface area contributed by atoms with Crippen LogP contribution in [0.2, 0.25) is 0 Å². The van der Waals surface area contributed by atoms with Crippen LogP contribution in [0.3, 0.4) is 0 Å². The van der Waals surface area contributed by atoms with E-state index >= 15 is 0 Å². The molecule has 2 rings (SSSR count). The molecule has 8 heteroatoms. The van der Waals surface area contributed by atoms with Gasteiger partial charge in [0.15, 0.2) is 11.5 Å². The van der Waals surface area contributed by atoms with Crippen molar-refractivity contribution in [3.8, 4) is 17.2 Å². The Morgan fingerprint density at radius 2 is 2.09 bits per heavy atom. The summed E-state index contributed by atoms with van der Waals surface area (Å²) in [5.41, 5.74) is 2.78. The Labute approximate surface area is 127 Å². The fraction of sp³-hybridized carbons (Fsp3) is 0.357. The maximum Gasteiger partial charge on any atom is 0.329 e. The van der Waals surface area contributed by atoms with Crippen LogP contribution in [-0.2, 0) is 9.59 Å². The number of amides is 2. The summed E-state index contributed by atoms with van der Waals surface area (Å²) < 4.78 is 15.7. The lowest BCUT2D eigenvalue weighted by molar-refractivity contribution is -0.139. The fourth-order valence-electron chi connectivity index (χ4n) is 1.77. The molecule has 0 aromatic heterocycles. The Balaban J connectivity index is 2.02. The van der Waals surface area contributed by atoms with Gasteiger partial charge in [0.2, 0.25) is 12.5 Å². The monoisotopic (exact) mass is 307 g/mol. The lowest BCUT2D eigenvalue weighted by Gasteiger charge is -2.06. The highest BCUT2D eigenvalue weighted by atomic mass is 16.7. The van der Waals surface area contributed by atoms with Crippen molar-refractivity contribution in [2.45, 2.75) is 19.9 Å². The van der Waals surface area contributed by atoms with Gasteiger partial charge in [-0.1, -0.05) is 0 Å². The quantitative estimate of drug-likeness (QED) is 0.476. The second-order valence-corrected chi connectivity index (χ2v) is 4.78. The number of carbonyl (C=O) groups excluding carboxylic acids is 2. The van der Waals surface area contributed by atoms with E-state index in [1.165, 1.54) is 13.3 Å². The van der Waals surface area contributed by atoms with Gasteiger partial charge in [-0.2, -0.15) is 5.10 Å². The van der Waals surface area contributed by atoms with Crippen LogP contribution in [0, 0.1) is 0 Å². The van der Waals surface area contributed by atoms with Crippen LogP contribution in [0.1, 0.15) is 19.4 Å². The molecule has 0 saturated carbocycles. The summed E-state index contributed by atoms with van der Waals surface area (Å²) in [7, 11) is 1.51. The summed E-state index contributed by atoms with van der Waals surface area (Å²) in [5.74, 6) is -0.0157. The van der Waals surface area contributed by atoms with Crippen molar-refractivity contribution in [3.63, 3.8) is 0 Å². The first kappa shape index (κ1) is 15.6. The molecular weight excluding hydrogens is 290 g/mol. The second kappa shape index (κ2) is 6.79. The average molecular weight is 307 g/mol. The number of hydrogen-bond acceptors (Lipinski definition) is 6. The van der Waals surface area contributed by atoms with Crippen LogP contribution in [0.15, 0.2) is 17.2 Å². The van der Waals surface area contributed by atoms with E-state index in [1.807, 2.05) is 0 Å². The number of hydrazone groups is 1. The lowest BCUT2D eigenvalue weighted by Crippen LogP contribution is -2.41. The number of ether oxygens (including phenoxy) is 3. The van der Waals surface area contributed by atoms with Gasteiger partial charge in [-0.15, -0.1) is 0 Å². The number of carbonyl (C=O) groups is 2. The number of nitrogens with zero attached hydrogens (tertiary/aromatic N) is 1. The van der Waals surface area contributed by atoms with Crippen LogP contribution in [0.5, 0.6) is 17.2 Å². The molecule has 0 saturated heterocycles. The highest BCUT2D eigenvalue weighted by Gasteiger charge is 2.19. The summed E-state index contributed by atoms with van der Waals surface area (Å²) in [6.07, 6.45) is 1.38. The van der Waals surface area contributed by atoms with Crippen LogP contribution in [0.25, 0.3) is 0 Å². The highest BCUT2D eigenvalue weighted by molar-refractivity contribution is 6.35. The van der Waals surface area contributed by atoms with Crippen molar-refractivity contribution >= 4 is 18.0 Å². The molecule has 0 unspecified atom stereocenters. The average Bonchev–Trinajstić information content (AvgIpc) is 2.93. The highest BCUT2D eigenvalue weighted by Crippen LogP contribution is 2.41. The zero-order chi connectivity index (χ0) is 16.1. The first-order valence-electron chi connectivity index (χ1n) is 6.62. The van der Waals surface area contributed by atoms with Crippen molar-refractivity contribution in [1.82, 2.24) is 10.7 Å². The van der Waals surface area contributed by atoms with Gasteiger partial charge in [-0.05, 0) is 26.0 Å².